The lowest BCUT2D eigenvalue weighted by Crippen LogP contribution is -1.94. The van der Waals surface area contributed by atoms with Gasteiger partial charge in [0.2, 0.25) is 0 Å². The second-order valence-corrected chi connectivity index (χ2v) is 5.05. The summed E-state index contributed by atoms with van der Waals surface area (Å²) in [6, 6.07) is 9.69. The van der Waals surface area contributed by atoms with E-state index in [1.807, 2.05) is 13.0 Å². The molecule has 0 aliphatic rings. The van der Waals surface area contributed by atoms with E-state index < -0.39 is 0 Å². The summed E-state index contributed by atoms with van der Waals surface area (Å²) in [6.07, 6.45) is 5.62. The number of phenols is 3. The maximum absolute atomic E-state index is 9.77. The Morgan fingerprint density at radius 1 is 0.909 bits per heavy atom. The SMILES string of the molecule is CC=COc1cc(O)ccc1CCCc1ccc(O)cc1O. The van der Waals surface area contributed by atoms with E-state index in [0.717, 1.165) is 24.0 Å². The second-order valence-electron chi connectivity index (χ2n) is 5.05. The molecular formula is C18H20O4. The lowest BCUT2D eigenvalue weighted by Gasteiger charge is -2.10. The minimum absolute atomic E-state index is 0.0572. The van der Waals surface area contributed by atoms with Crippen LogP contribution in [0.3, 0.4) is 0 Å². The van der Waals surface area contributed by atoms with Crippen molar-refractivity contribution in [3.63, 3.8) is 0 Å². The Labute approximate surface area is 129 Å². The molecule has 0 bridgehead atoms. The van der Waals surface area contributed by atoms with E-state index in [1.165, 1.54) is 6.07 Å². The van der Waals surface area contributed by atoms with Crippen LogP contribution in [0.1, 0.15) is 24.5 Å². The molecule has 2 aromatic rings. The summed E-state index contributed by atoms with van der Waals surface area (Å²) in [5.41, 5.74) is 1.79. The van der Waals surface area contributed by atoms with Crippen molar-refractivity contribution in [1.82, 2.24) is 0 Å². The fourth-order valence-corrected chi connectivity index (χ4v) is 2.23. The van der Waals surface area contributed by atoms with Crippen molar-refractivity contribution in [2.75, 3.05) is 0 Å². The molecule has 0 amide bonds. The Balaban J connectivity index is 2.02. The largest absolute Gasteiger partial charge is 0.508 e. The molecule has 0 heterocycles. The smallest absolute Gasteiger partial charge is 0.133 e. The van der Waals surface area contributed by atoms with Crippen molar-refractivity contribution in [3.05, 3.63) is 59.9 Å². The Hall–Kier alpha value is -2.62. The molecule has 0 radical (unpaired) electrons. The first-order valence-corrected chi connectivity index (χ1v) is 7.20. The van der Waals surface area contributed by atoms with E-state index in [4.69, 9.17) is 4.74 Å². The minimum atomic E-state index is 0.0572. The third-order valence-electron chi connectivity index (χ3n) is 3.34. The number of rotatable bonds is 6. The fraction of sp³-hybridized carbons (Fsp3) is 0.222. The van der Waals surface area contributed by atoms with E-state index >= 15 is 0 Å². The highest BCUT2D eigenvalue weighted by Gasteiger charge is 2.07. The lowest BCUT2D eigenvalue weighted by atomic mass is 10.0. The number of phenolic OH excluding ortho intramolecular Hbond substituents is 3. The van der Waals surface area contributed by atoms with E-state index in [-0.39, 0.29) is 17.2 Å². The van der Waals surface area contributed by atoms with Crippen molar-refractivity contribution in [3.8, 4) is 23.0 Å². The highest BCUT2D eigenvalue weighted by atomic mass is 16.5. The Morgan fingerprint density at radius 2 is 1.55 bits per heavy atom. The molecule has 0 unspecified atom stereocenters. The predicted molar refractivity (Wildman–Crippen MR) is 85.3 cm³/mol. The van der Waals surface area contributed by atoms with Gasteiger partial charge in [-0.05, 0) is 49.4 Å². The first-order chi connectivity index (χ1) is 10.6. The quantitative estimate of drug-likeness (QED) is 0.708. The summed E-state index contributed by atoms with van der Waals surface area (Å²) in [4.78, 5) is 0. The van der Waals surface area contributed by atoms with Crippen LogP contribution < -0.4 is 4.74 Å². The van der Waals surface area contributed by atoms with Crippen molar-refractivity contribution >= 4 is 0 Å². The summed E-state index contributed by atoms with van der Waals surface area (Å²) in [5.74, 6) is 0.963. The van der Waals surface area contributed by atoms with Gasteiger partial charge in [-0.15, -0.1) is 0 Å². The number of ether oxygens (including phenoxy) is 1. The monoisotopic (exact) mass is 300 g/mol. The number of allylic oxidation sites excluding steroid dienone is 1. The van der Waals surface area contributed by atoms with Gasteiger partial charge in [0.05, 0.1) is 6.26 Å². The van der Waals surface area contributed by atoms with Crippen molar-refractivity contribution in [1.29, 1.82) is 0 Å². The topological polar surface area (TPSA) is 69.9 Å². The van der Waals surface area contributed by atoms with Gasteiger partial charge in [-0.3, -0.25) is 0 Å². The van der Waals surface area contributed by atoms with Gasteiger partial charge in [-0.2, -0.15) is 0 Å². The van der Waals surface area contributed by atoms with Gasteiger partial charge >= 0.3 is 0 Å². The van der Waals surface area contributed by atoms with Crippen LogP contribution in [-0.4, -0.2) is 15.3 Å². The normalized spacial score (nSPS) is 11.0. The third-order valence-corrected chi connectivity index (χ3v) is 3.34. The molecule has 2 rings (SSSR count). The standard InChI is InChI=1S/C18H20O4/c1-2-10-22-18-12-16(20)9-7-14(18)5-3-4-13-6-8-15(19)11-17(13)21/h2,6-12,19-21H,3-5H2,1H3. The summed E-state index contributed by atoms with van der Waals surface area (Å²) in [6.45, 7) is 1.86. The molecule has 0 aliphatic heterocycles. The molecule has 116 valence electrons. The molecule has 3 N–H and O–H groups in total. The van der Waals surface area contributed by atoms with Gasteiger partial charge in [0.1, 0.15) is 23.0 Å². The molecule has 4 nitrogen and oxygen atoms in total. The van der Waals surface area contributed by atoms with E-state index in [9.17, 15) is 15.3 Å². The number of hydrogen-bond donors (Lipinski definition) is 3. The van der Waals surface area contributed by atoms with Crippen LogP contribution in [0.15, 0.2) is 48.7 Å². The first-order valence-electron chi connectivity index (χ1n) is 7.20. The van der Waals surface area contributed by atoms with E-state index in [0.29, 0.717) is 12.2 Å². The molecule has 0 saturated carbocycles. The molecule has 0 saturated heterocycles. The van der Waals surface area contributed by atoms with Gasteiger partial charge in [0, 0.05) is 12.1 Å². The highest BCUT2D eigenvalue weighted by Crippen LogP contribution is 2.28. The van der Waals surface area contributed by atoms with Gasteiger partial charge in [-0.25, -0.2) is 0 Å². The Morgan fingerprint density at radius 3 is 2.23 bits per heavy atom. The zero-order valence-corrected chi connectivity index (χ0v) is 12.5. The van der Waals surface area contributed by atoms with Gasteiger partial charge < -0.3 is 20.1 Å². The second kappa shape index (κ2) is 7.41. The summed E-state index contributed by atoms with van der Waals surface area (Å²) >= 11 is 0. The Bertz CT molecular complexity index is 662. The summed E-state index contributed by atoms with van der Waals surface area (Å²) in [7, 11) is 0. The number of aryl methyl sites for hydroxylation is 2. The molecule has 2 aromatic carbocycles. The van der Waals surface area contributed by atoms with Crippen molar-refractivity contribution in [2.45, 2.75) is 26.2 Å². The zero-order valence-electron chi connectivity index (χ0n) is 12.5. The average molecular weight is 300 g/mol. The molecule has 4 heteroatoms. The van der Waals surface area contributed by atoms with Crippen LogP contribution in [-0.2, 0) is 12.8 Å². The van der Waals surface area contributed by atoms with Gasteiger partial charge in [0.15, 0.2) is 0 Å². The van der Waals surface area contributed by atoms with Crippen molar-refractivity contribution < 1.29 is 20.1 Å². The molecular weight excluding hydrogens is 280 g/mol. The van der Waals surface area contributed by atoms with Crippen molar-refractivity contribution in [2.24, 2.45) is 0 Å². The van der Waals surface area contributed by atoms with Crippen LogP contribution in [0.2, 0.25) is 0 Å². The first kappa shape index (κ1) is 15.8. The summed E-state index contributed by atoms with van der Waals surface area (Å²) < 4.78 is 5.49. The zero-order chi connectivity index (χ0) is 15.9. The maximum Gasteiger partial charge on any atom is 0.133 e. The highest BCUT2D eigenvalue weighted by molar-refractivity contribution is 5.41. The number of aromatic hydroxyl groups is 3. The van der Waals surface area contributed by atoms with Crippen LogP contribution in [0.25, 0.3) is 0 Å². The van der Waals surface area contributed by atoms with Crippen LogP contribution >= 0.6 is 0 Å². The molecule has 0 atom stereocenters. The molecule has 0 aromatic heterocycles. The number of benzene rings is 2. The molecule has 0 fully saturated rings. The Kier molecular flexibility index (Phi) is 5.31. The predicted octanol–water partition coefficient (Wildman–Crippen LogP) is 3.89. The minimum Gasteiger partial charge on any atom is -0.508 e. The molecule has 22 heavy (non-hydrogen) atoms. The number of hydrogen-bond acceptors (Lipinski definition) is 4. The molecule has 0 spiro atoms. The van der Waals surface area contributed by atoms with Crippen LogP contribution in [0.5, 0.6) is 23.0 Å². The molecule has 0 aliphatic carbocycles. The van der Waals surface area contributed by atoms with Gasteiger partial charge in [-0.1, -0.05) is 18.2 Å². The third kappa shape index (κ3) is 4.19. The van der Waals surface area contributed by atoms with E-state index in [2.05, 4.69) is 0 Å². The van der Waals surface area contributed by atoms with Gasteiger partial charge in [0.25, 0.3) is 0 Å². The lowest BCUT2D eigenvalue weighted by molar-refractivity contribution is 0.445. The van der Waals surface area contributed by atoms with E-state index in [1.54, 1.807) is 36.6 Å². The summed E-state index contributed by atoms with van der Waals surface area (Å²) in [5, 5.41) is 28.6. The maximum atomic E-state index is 9.77. The fourth-order valence-electron chi connectivity index (χ4n) is 2.23. The van der Waals surface area contributed by atoms with Crippen LogP contribution in [0.4, 0.5) is 0 Å². The average Bonchev–Trinajstić information content (AvgIpc) is 2.49. The van der Waals surface area contributed by atoms with Crippen LogP contribution in [0, 0.1) is 0 Å².